The van der Waals surface area contributed by atoms with Crippen molar-refractivity contribution in [3.63, 3.8) is 0 Å². The van der Waals surface area contributed by atoms with Gasteiger partial charge in [-0.05, 0) is 13.3 Å². The highest BCUT2D eigenvalue weighted by Crippen LogP contribution is 2.12. The maximum Gasteiger partial charge on any atom is 0.257 e. The first-order chi connectivity index (χ1) is 10.0. The van der Waals surface area contributed by atoms with Crippen LogP contribution in [0.5, 0.6) is 0 Å². The molecule has 1 aromatic rings. The van der Waals surface area contributed by atoms with Crippen LogP contribution >= 0.6 is 0 Å². The van der Waals surface area contributed by atoms with E-state index in [4.69, 9.17) is 0 Å². The van der Waals surface area contributed by atoms with E-state index in [1.54, 1.807) is 18.0 Å². The highest BCUT2D eigenvalue weighted by molar-refractivity contribution is 5.95. The van der Waals surface area contributed by atoms with Crippen LogP contribution < -0.4 is 0 Å². The SMILES string of the molecule is Cc1ncncc1C(=O)N1CCCN(C(=O)C(C)C)CC1. The van der Waals surface area contributed by atoms with Gasteiger partial charge in [0.1, 0.15) is 6.33 Å². The Bertz CT molecular complexity index is 530. The second-order valence-corrected chi connectivity index (χ2v) is 5.65. The maximum absolute atomic E-state index is 12.5. The first-order valence-corrected chi connectivity index (χ1v) is 7.35. The maximum atomic E-state index is 12.5. The Morgan fingerprint density at radius 3 is 2.48 bits per heavy atom. The summed E-state index contributed by atoms with van der Waals surface area (Å²) in [4.78, 5) is 36.2. The third-order valence-corrected chi connectivity index (χ3v) is 3.73. The third kappa shape index (κ3) is 3.56. The number of nitrogens with zero attached hydrogens (tertiary/aromatic N) is 4. The number of hydrogen-bond acceptors (Lipinski definition) is 4. The highest BCUT2D eigenvalue weighted by Gasteiger charge is 2.24. The standard InChI is InChI=1S/C15H22N4O2/c1-11(2)14(20)18-5-4-6-19(8-7-18)15(21)13-9-16-10-17-12(13)3/h9-11H,4-8H2,1-3H3. The molecule has 0 aliphatic carbocycles. The van der Waals surface area contributed by atoms with Gasteiger partial charge >= 0.3 is 0 Å². The fourth-order valence-corrected chi connectivity index (χ4v) is 2.48. The van der Waals surface area contributed by atoms with E-state index >= 15 is 0 Å². The second kappa shape index (κ2) is 6.65. The van der Waals surface area contributed by atoms with Gasteiger partial charge in [0, 0.05) is 38.3 Å². The molecule has 0 radical (unpaired) electrons. The van der Waals surface area contributed by atoms with Gasteiger partial charge in [-0.3, -0.25) is 9.59 Å². The van der Waals surface area contributed by atoms with Gasteiger partial charge in [0.15, 0.2) is 0 Å². The molecule has 0 aromatic carbocycles. The molecule has 0 N–H and O–H groups in total. The Labute approximate surface area is 125 Å². The summed E-state index contributed by atoms with van der Waals surface area (Å²) in [6.07, 6.45) is 3.81. The molecule has 2 amide bonds. The van der Waals surface area contributed by atoms with Crippen molar-refractivity contribution in [1.29, 1.82) is 0 Å². The van der Waals surface area contributed by atoms with Gasteiger partial charge in [-0.1, -0.05) is 13.8 Å². The molecule has 0 bridgehead atoms. The molecule has 6 heteroatoms. The molecule has 1 aromatic heterocycles. The molecule has 1 aliphatic heterocycles. The van der Waals surface area contributed by atoms with Crippen LogP contribution in [0.15, 0.2) is 12.5 Å². The lowest BCUT2D eigenvalue weighted by Gasteiger charge is -2.23. The van der Waals surface area contributed by atoms with Gasteiger partial charge in [-0.25, -0.2) is 9.97 Å². The Morgan fingerprint density at radius 1 is 1.14 bits per heavy atom. The van der Waals surface area contributed by atoms with E-state index < -0.39 is 0 Å². The van der Waals surface area contributed by atoms with Crippen LogP contribution in [0.2, 0.25) is 0 Å². The Hall–Kier alpha value is -1.98. The molecule has 2 rings (SSSR count). The molecule has 1 fully saturated rings. The van der Waals surface area contributed by atoms with Gasteiger partial charge in [-0.15, -0.1) is 0 Å². The molecule has 6 nitrogen and oxygen atoms in total. The van der Waals surface area contributed by atoms with Gasteiger partial charge in [0.05, 0.1) is 11.3 Å². The zero-order valence-corrected chi connectivity index (χ0v) is 12.9. The van der Waals surface area contributed by atoms with Crippen molar-refractivity contribution in [2.75, 3.05) is 26.2 Å². The lowest BCUT2D eigenvalue weighted by Crippen LogP contribution is -2.39. The largest absolute Gasteiger partial charge is 0.341 e. The van der Waals surface area contributed by atoms with Crippen molar-refractivity contribution in [3.05, 3.63) is 23.8 Å². The van der Waals surface area contributed by atoms with Crippen molar-refractivity contribution >= 4 is 11.8 Å². The van der Waals surface area contributed by atoms with E-state index in [0.717, 1.165) is 6.42 Å². The molecule has 0 unspecified atom stereocenters. The van der Waals surface area contributed by atoms with Crippen molar-refractivity contribution in [1.82, 2.24) is 19.8 Å². The topological polar surface area (TPSA) is 66.4 Å². The summed E-state index contributed by atoms with van der Waals surface area (Å²) in [5, 5.41) is 0. The van der Waals surface area contributed by atoms with E-state index in [-0.39, 0.29) is 17.7 Å². The first-order valence-electron chi connectivity index (χ1n) is 7.35. The van der Waals surface area contributed by atoms with Gasteiger partial charge in [-0.2, -0.15) is 0 Å². The molecular weight excluding hydrogens is 268 g/mol. The van der Waals surface area contributed by atoms with Crippen LogP contribution in [0.1, 0.15) is 36.3 Å². The summed E-state index contributed by atoms with van der Waals surface area (Å²) in [6, 6.07) is 0. The van der Waals surface area contributed by atoms with Gasteiger partial charge < -0.3 is 9.80 Å². The fraction of sp³-hybridized carbons (Fsp3) is 0.600. The average molecular weight is 290 g/mol. The number of rotatable bonds is 2. The van der Waals surface area contributed by atoms with Crippen molar-refractivity contribution in [2.45, 2.75) is 27.2 Å². The third-order valence-electron chi connectivity index (χ3n) is 3.73. The quantitative estimate of drug-likeness (QED) is 0.818. The summed E-state index contributed by atoms with van der Waals surface area (Å²) < 4.78 is 0. The Kier molecular flexibility index (Phi) is 4.88. The van der Waals surface area contributed by atoms with E-state index in [1.165, 1.54) is 6.33 Å². The van der Waals surface area contributed by atoms with E-state index in [1.807, 2.05) is 18.7 Å². The number of carbonyl (C=O) groups is 2. The van der Waals surface area contributed by atoms with Crippen LogP contribution in [-0.4, -0.2) is 57.8 Å². The summed E-state index contributed by atoms with van der Waals surface area (Å²) in [5.74, 6) is 0.104. The smallest absolute Gasteiger partial charge is 0.257 e. The predicted octanol–water partition coefficient (Wildman–Crippen LogP) is 1.12. The zero-order chi connectivity index (χ0) is 15.4. The van der Waals surface area contributed by atoms with Crippen LogP contribution in [0.4, 0.5) is 0 Å². The molecular formula is C15H22N4O2. The molecule has 0 saturated carbocycles. The lowest BCUT2D eigenvalue weighted by molar-refractivity contribution is -0.134. The molecule has 0 atom stereocenters. The number of carbonyl (C=O) groups excluding carboxylic acids is 2. The van der Waals surface area contributed by atoms with Gasteiger partial charge in [0.2, 0.25) is 5.91 Å². The molecule has 1 saturated heterocycles. The Morgan fingerprint density at radius 2 is 1.81 bits per heavy atom. The van der Waals surface area contributed by atoms with Crippen molar-refractivity contribution in [3.8, 4) is 0 Å². The number of hydrogen-bond donors (Lipinski definition) is 0. The highest BCUT2D eigenvalue weighted by atomic mass is 16.2. The molecule has 21 heavy (non-hydrogen) atoms. The summed E-state index contributed by atoms with van der Waals surface area (Å²) in [5.41, 5.74) is 1.23. The minimum absolute atomic E-state index is 0.00276. The van der Waals surface area contributed by atoms with Crippen molar-refractivity contribution < 1.29 is 9.59 Å². The average Bonchev–Trinajstić information content (AvgIpc) is 2.72. The zero-order valence-electron chi connectivity index (χ0n) is 12.9. The van der Waals surface area contributed by atoms with E-state index in [2.05, 4.69) is 9.97 Å². The fourth-order valence-electron chi connectivity index (χ4n) is 2.48. The van der Waals surface area contributed by atoms with Crippen molar-refractivity contribution in [2.24, 2.45) is 5.92 Å². The van der Waals surface area contributed by atoms with Crippen LogP contribution in [0, 0.1) is 12.8 Å². The molecule has 1 aliphatic rings. The number of amides is 2. The van der Waals surface area contributed by atoms with Crippen LogP contribution in [0.3, 0.4) is 0 Å². The normalized spacial score (nSPS) is 16.0. The summed E-state index contributed by atoms with van der Waals surface area (Å²) in [7, 11) is 0. The van der Waals surface area contributed by atoms with E-state index in [0.29, 0.717) is 37.4 Å². The van der Waals surface area contributed by atoms with Crippen LogP contribution in [0.25, 0.3) is 0 Å². The van der Waals surface area contributed by atoms with Crippen LogP contribution in [-0.2, 0) is 4.79 Å². The molecule has 2 heterocycles. The molecule has 0 spiro atoms. The number of aromatic nitrogens is 2. The summed E-state index contributed by atoms with van der Waals surface area (Å²) >= 11 is 0. The Balaban J connectivity index is 2.05. The lowest BCUT2D eigenvalue weighted by atomic mass is 10.2. The minimum Gasteiger partial charge on any atom is -0.341 e. The first kappa shape index (κ1) is 15.4. The monoisotopic (exact) mass is 290 g/mol. The number of aryl methyl sites for hydroxylation is 1. The second-order valence-electron chi connectivity index (χ2n) is 5.65. The minimum atomic E-state index is -0.0491. The predicted molar refractivity (Wildman–Crippen MR) is 78.7 cm³/mol. The van der Waals surface area contributed by atoms with E-state index in [9.17, 15) is 9.59 Å². The summed E-state index contributed by atoms with van der Waals surface area (Å²) in [6.45, 7) is 8.14. The molecule has 114 valence electrons. The van der Waals surface area contributed by atoms with Gasteiger partial charge in [0.25, 0.3) is 5.91 Å².